The number of aromatic amines is 1. The van der Waals surface area contributed by atoms with Gasteiger partial charge in [-0.05, 0) is 13.0 Å². The number of hydrogen-bond donors (Lipinski definition) is 2. The lowest BCUT2D eigenvalue weighted by Gasteiger charge is -2.06. The number of hydrogen-bond acceptors (Lipinski definition) is 4. The van der Waals surface area contributed by atoms with Crippen molar-refractivity contribution in [3.63, 3.8) is 0 Å². The number of rotatable bonds is 4. The van der Waals surface area contributed by atoms with Crippen LogP contribution >= 0.6 is 0 Å². The van der Waals surface area contributed by atoms with Gasteiger partial charge in [-0.15, -0.1) is 0 Å². The van der Waals surface area contributed by atoms with E-state index < -0.39 is 0 Å². The molecule has 3 heterocycles. The van der Waals surface area contributed by atoms with Crippen molar-refractivity contribution in [2.24, 2.45) is 0 Å². The summed E-state index contributed by atoms with van der Waals surface area (Å²) in [5.74, 6) is 1.12. The van der Waals surface area contributed by atoms with Crippen molar-refractivity contribution in [3.05, 3.63) is 65.9 Å². The maximum Gasteiger partial charge on any atom is 0.153 e. The SMILES string of the molecule is Cc1cc(Nc2cc3c(cn2)cnn3Cc2ccccc2F)n[nH]1. The molecule has 24 heavy (non-hydrogen) atoms. The number of H-pyrrole nitrogens is 1. The van der Waals surface area contributed by atoms with Gasteiger partial charge in [0, 0.05) is 35.0 Å². The van der Waals surface area contributed by atoms with Gasteiger partial charge in [0.05, 0.1) is 18.3 Å². The second-order valence-corrected chi connectivity index (χ2v) is 5.58. The monoisotopic (exact) mass is 322 g/mol. The lowest BCUT2D eigenvalue weighted by atomic mass is 10.2. The lowest BCUT2D eigenvalue weighted by molar-refractivity contribution is 0.590. The van der Waals surface area contributed by atoms with Crippen molar-refractivity contribution >= 4 is 22.5 Å². The van der Waals surface area contributed by atoms with Crippen molar-refractivity contribution in [2.75, 3.05) is 5.32 Å². The lowest BCUT2D eigenvalue weighted by Crippen LogP contribution is -2.04. The Balaban J connectivity index is 1.67. The molecule has 0 unspecified atom stereocenters. The van der Waals surface area contributed by atoms with E-state index in [0.29, 0.717) is 23.7 Å². The molecule has 3 aromatic heterocycles. The molecule has 0 saturated heterocycles. The van der Waals surface area contributed by atoms with E-state index in [1.807, 2.05) is 25.1 Å². The summed E-state index contributed by atoms with van der Waals surface area (Å²) >= 11 is 0. The van der Waals surface area contributed by atoms with Crippen molar-refractivity contribution in [2.45, 2.75) is 13.5 Å². The molecule has 0 atom stereocenters. The average molecular weight is 322 g/mol. The number of aryl methyl sites for hydroxylation is 1. The van der Waals surface area contributed by atoms with Crippen LogP contribution in [0.15, 0.2) is 48.8 Å². The number of nitrogens with zero attached hydrogens (tertiary/aromatic N) is 4. The van der Waals surface area contributed by atoms with E-state index >= 15 is 0 Å². The van der Waals surface area contributed by atoms with Gasteiger partial charge in [-0.2, -0.15) is 10.2 Å². The molecule has 0 saturated carbocycles. The van der Waals surface area contributed by atoms with Crippen LogP contribution in [-0.4, -0.2) is 25.0 Å². The van der Waals surface area contributed by atoms with Gasteiger partial charge in [-0.3, -0.25) is 9.78 Å². The largest absolute Gasteiger partial charge is 0.323 e. The zero-order chi connectivity index (χ0) is 16.5. The molecule has 0 spiro atoms. The van der Waals surface area contributed by atoms with Gasteiger partial charge in [0.25, 0.3) is 0 Å². The minimum absolute atomic E-state index is 0.236. The fraction of sp³-hybridized carbons (Fsp3) is 0.118. The highest BCUT2D eigenvalue weighted by Gasteiger charge is 2.09. The van der Waals surface area contributed by atoms with Crippen LogP contribution in [0.3, 0.4) is 0 Å². The molecule has 0 aliphatic carbocycles. The van der Waals surface area contributed by atoms with E-state index in [9.17, 15) is 4.39 Å². The van der Waals surface area contributed by atoms with Crippen LogP contribution in [0.4, 0.5) is 16.0 Å². The van der Waals surface area contributed by atoms with Crippen LogP contribution < -0.4 is 5.32 Å². The Kier molecular flexibility index (Phi) is 3.45. The van der Waals surface area contributed by atoms with Crippen LogP contribution in [0.25, 0.3) is 10.9 Å². The molecule has 0 bridgehead atoms. The Morgan fingerprint density at radius 2 is 2.04 bits per heavy atom. The molecule has 1 aromatic carbocycles. The minimum Gasteiger partial charge on any atom is -0.323 e. The van der Waals surface area contributed by atoms with Crippen molar-refractivity contribution in [3.8, 4) is 0 Å². The van der Waals surface area contributed by atoms with Crippen molar-refractivity contribution in [1.29, 1.82) is 0 Å². The molecule has 0 amide bonds. The van der Waals surface area contributed by atoms with E-state index in [1.54, 1.807) is 29.2 Å². The fourth-order valence-electron chi connectivity index (χ4n) is 2.57. The zero-order valence-electron chi connectivity index (χ0n) is 13.0. The fourth-order valence-corrected chi connectivity index (χ4v) is 2.57. The van der Waals surface area contributed by atoms with Crippen LogP contribution in [0.1, 0.15) is 11.3 Å². The quantitative estimate of drug-likeness (QED) is 0.604. The Labute approximate surface area is 137 Å². The molecule has 0 radical (unpaired) electrons. The number of aromatic nitrogens is 5. The molecule has 2 N–H and O–H groups in total. The third kappa shape index (κ3) is 2.71. The second-order valence-electron chi connectivity index (χ2n) is 5.58. The van der Waals surface area contributed by atoms with Crippen LogP contribution in [0.5, 0.6) is 0 Å². The summed E-state index contributed by atoms with van der Waals surface area (Å²) in [6, 6.07) is 10.5. The minimum atomic E-state index is -0.236. The first kappa shape index (κ1) is 14.4. The van der Waals surface area contributed by atoms with Crippen molar-refractivity contribution < 1.29 is 4.39 Å². The number of fused-ring (bicyclic) bond motifs is 1. The Bertz CT molecular complexity index is 1000. The normalized spacial score (nSPS) is 11.1. The molecule has 0 fully saturated rings. The van der Waals surface area contributed by atoms with Crippen LogP contribution in [-0.2, 0) is 6.54 Å². The number of anilines is 2. The molecule has 4 rings (SSSR count). The number of pyridine rings is 1. The Morgan fingerprint density at radius 3 is 2.83 bits per heavy atom. The summed E-state index contributed by atoms with van der Waals surface area (Å²) in [5, 5.41) is 15.4. The third-order valence-corrected chi connectivity index (χ3v) is 3.77. The van der Waals surface area contributed by atoms with E-state index in [0.717, 1.165) is 16.6 Å². The number of benzene rings is 1. The summed E-state index contributed by atoms with van der Waals surface area (Å²) in [6.07, 6.45) is 3.47. The molecule has 7 heteroatoms. The first-order valence-electron chi connectivity index (χ1n) is 7.53. The Hall–Kier alpha value is -3.22. The highest BCUT2D eigenvalue weighted by molar-refractivity contribution is 5.80. The van der Waals surface area contributed by atoms with E-state index in [-0.39, 0.29) is 5.82 Å². The molecular weight excluding hydrogens is 307 g/mol. The smallest absolute Gasteiger partial charge is 0.153 e. The summed E-state index contributed by atoms with van der Waals surface area (Å²) in [7, 11) is 0. The van der Waals surface area contributed by atoms with Crippen LogP contribution in [0, 0.1) is 12.7 Å². The molecular formula is C17H15FN6. The second kappa shape index (κ2) is 5.77. The highest BCUT2D eigenvalue weighted by atomic mass is 19.1. The van der Waals surface area contributed by atoms with Gasteiger partial charge in [-0.1, -0.05) is 18.2 Å². The Morgan fingerprint density at radius 1 is 1.17 bits per heavy atom. The summed E-state index contributed by atoms with van der Waals surface area (Å²) < 4.78 is 15.6. The predicted octanol–water partition coefficient (Wildman–Crippen LogP) is 3.39. The van der Waals surface area contributed by atoms with E-state index in [2.05, 4.69) is 25.6 Å². The standard InChI is InChI=1S/C17H15FN6/c1-11-6-17(23-22-11)21-16-7-15-13(8-19-16)9-20-24(15)10-12-4-2-3-5-14(12)18/h2-9H,10H2,1H3,(H2,19,21,22,23). The first-order valence-corrected chi connectivity index (χ1v) is 7.53. The third-order valence-electron chi connectivity index (χ3n) is 3.77. The van der Waals surface area contributed by atoms with Gasteiger partial charge in [0.2, 0.25) is 0 Å². The van der Waals surface area contributed by atoms with Gasteiger partial charge >= 0.3 is 0 Å². The maximum absolute atomic E-state index is 13.9. The number of nitrogens with one attached hydrogen (secondary N) is 2. The van der Waals surface area contributed by atoms with Gasteiger partial charge in [0.1, 0.15) is 11.6 Å². The summed E-state index contributed by atoms with van der Waals surface area (Å²) in [4.78, 5) is 4.36. The molecule has 4 aromatic rings. The van der Waals surface area contributed by atoms with E-state index in [4.69, 9.17) is 0 Å². The van der Waals surface area contributed by atoms with Gasteiger partial charge in [0.15, 0.2) is 5.82 Å². The first-order chi connectivity index (χ1) is 11.7. The average Bonchev–Trinajstić information content (AvgIpc) is 3.16. The topological polar surface area (TPSA) is 71.4 Å². The van der Waals surface area contributed by atoms with Gasteiger partial charge < -0.3 is 5.32 Å². The van der Waals surface area contributed by atoms with Crippen LogP contribution in [0.2, 0.25) is 0 Å². The van der Waals surface area contributed by atoms with E-state index in [1.165, 1.54) is 6.07 Å². The molecule has 0 aliphatic heterocycles. The van der Waals surface area contributed by atoms with Crippen molar-refractivity contribution in [1.82, 2.24) is 25.0 Å². The highest BCUT2D eigenvalue weighted by Crippen LogP contribution is 2.20. The molecule has 120 valence electrons. The molecule has 0 aliphatic rings. The molecule has 6 nitrogen and oxygen atoms in total. The van der Waals surface area contributed by atoms with Gasteiger partial charge in [-0.25, -0.2) is 9.37 Å². The zero-order valence-corrected chi connectivity index (χ0v) is 13.0. The number of halogens is 1. The summed E-state index contributed by atoms with van der Waals surface area (Å²) in [5.41, 5.74) is 2.43. The maximum atomic E-state index is 13.9. The predicted molar refractivity (Wildman–Crippen MR) is 89.6 cm³/mol. The summed E-state index contributed by atoms with van der Waals surface area (Å²) in [6.45, 7) is 2.29.